The number of rotatable bonds is 5. The molecule has 0 spiro atoms. The minimum absolute atomic E-state index is 0.178. The number of thiophene rings is 1. The molecule has 19 heavy (non-hydrogen) atoms. The van der Waals surface area contributed by atoms with Crippen LogP contribution < -0.4 is 5.73 Å². The monoisotopic (exact) mass is 355 g/mol. The van der Waals surface area contributed by atoms with E-state index in [4.69, 9.17) is 5.73 Å². The van der Waals surface area contributed by atoms with E-state index >= 15 is 0 Å². The lowest BCUT2D eigenvalue weighted by atomic mass is 10.1. The third-order valence-electron chi connectivity index (χ3n) is 3.02. The summed E-state index contributed by atoms with van der Waals surface area (Å²) in [6, 6.07) is 13.1. The highest BCUT2D eigenvalue weighted by atomic mass is 79.9. The van der Waals surface area contributed by atoms with Crippen LogP contribution in [0.3, 0.4) is 0 Å². The van der Waals surface area contributed by atoms with Gasteiger partial charge in [-0.05, 0) is 53.5 Å². The maximum absolute atomic E-state index is 6.31. The van der Waals surface area contributed by atoms with E-state index in [1.165, 1.54) is 19.1 Å². The zero-order chi connectivity index (χ0) is 13.8. The van der Waals surface area contributed by atoms with Gasteiger partial charge < -0.3 is 5.73 Å². The molecule has 0 aliphatic heterocycles. The zero-order valence-electron chi connectivity index (χ0n) is 11.1. The Balaban J connectivity index is 2.21. The number of hydrogen-bond donors (Lipinski definition) is 1. The van der Waals surface area contributed by atoms with E-state index < -0.39 is 0 Å². The molecule has 1 aromatic carbocycles. The smallest absolute Gasteiger partial charge is 0.0701 e. The number of halogens is 1. The molecule has 0 saturated heterocycles. The Morgan fingerprint density at radius 3 is 2.42 bits per heavy atom. The van der Waals surface area contributed by atoms with Gasteiger partial charge >= 0.3 is 0 Å². The van der Waals surface area contributed by atoms with Crippen molar-refractivity contribution in [1.82, 2.24) is 0 Å². The van der Waals surface area contributed by atoms with Crippen LogP contribution in [0.4, 0.5) is 0 Å². The Labute approximate surface area is 131 Å². The lowest BCUT2D eigenvalue weighted by molar-refractivity contribution is 0.640. The van der Waals surface area contributed by atoms with Crippen molar-refractivity contribution in [2.75, 3.05) is 0 Å². The molecule has 2 rings (SSSR count). The van der Waals surface area contributed by atoms with Crippen molar-refractivity contribution in [2.45, 2.75) is 36.5 Å². The molecule has 1 heterocycles. The van der Waals surface area contributed by atoms with Crippen LogP contribution in [0.15, 0.2) is 45.1 Å². The summed E-state index contributed by atoms with van der Waals surface area (Å²) in [5.41, 5.74) is 7.60. The van der Waals surface area contributed by atoms with Gasteiger partial charge in [0.05, 0.1) is 9.04 Å². The second-order valence-electron chi connectivity index (χ2n) is 4.57. The first-order valence-corrected chi connectivity index (χ1v) is 8.83. The van der Waals surface area contributed by atoms with Gasteiger partial charge in [-0.2, -0.15) is 0 Å². The van der Waals surface area contributed by atoms with Crippen LogP contribution in [-0.4, -0.2) is 6.04 Å². The summed E-state index contributed by atoms with van der Waals surface area (Å²) in [5.74, 6) is 0. The molecule has 0 amide bonds. The van der Waals surface area contributed by atoms with Gasteiger partial charge in [0, 0.05) is 15.8 Å². The maximum Gasteiger partial charge on any atom is 0.0701 e. The summed E-state index contributed by atoms with van der Waals surface area (Å²) in [7, 11) is 0. The molecule has 2 N–H and O–H groups in total. The van der Waals surface area contributed by atoms with E-state index in [1.54, 1.807) is 11.3 Å². The van der Waals surface area contributed by atoms with Crippen LogP contribution in [0.5, 0.6) is 0 Å². The summed E-state index contributed by atoms with van der Waals surface area (Å²) < 4.78 is 1.17. The molecule has 1 aromatic heterocycles. The molecule has 102 valence electrons. The number of benzene rings is 1. The first-order chi connectivity index (χ1) is 9.10. The first kappa shape index (κ1) is 15.1. The van der Waals surface area contributed by atoms with Crippen molar-refractivity contribution < 1.29 is 0 Å². The number of hydrogen-bond acceptors (Lipinski definition) is 3. The second-order valence-corrected chi connectivity index (χ2v) is 8.28. The fourth-order valence-electron chi connectivity index (χ4n) is 1.82. The molecular formula is C15H18BrNS2. The van der Waals surface area contributed by atoms with Gasteiger partial charge in [0.15, 0.2) is 0 Å². The Bertz CT molecular complexity index is 521. The van der Waals surface area contributed by atoms with E-state index in [2.05, 4.69) is 66.2 Å². The van der Waals surface area contributed by atoms with Gasteiger partial charge in [0.2, 0.25) is 0 Å². The fraction of sp³-hybridized carbons (Fsp3) is 0.333. The van der Waals surface area contributed by atoms with E-state index in [0.717, 1.165) is 6.42 Å². The van der Waals surface area contributed by atoms with E-state index in [1.807, 2.05) is 11.8 Å². The van der Waals surface area contributed by atoms with Crippen molar-refractivity contribution in [3.05, 3.63) is 50.6 Å². The Kier molecular flexibility index (Phi) is 5.51. The average Bonchev–Trinajstić information content (AvgIpc) is 2.83. The second kappa shape index (κ2) is 6.93. The lowest BCUT2D eigenvalue weighted by Crippen LogP contribution is -2.25. The lowest BCUT2D eigenvalue weighted by Gasteiger charge is -2.21. The molecule has 0 fully saturated rings. The summed E-state index contributed by atoms with van der Waals surface area (Å²) in [5, 5.41) is 0.323. The fourth-order valence-corrected chi connectivity index (χ4v) is 4.73. The Hall–Kier alpha value is -0.290. The molecular weight excluding hydrogens is 338 g/mol. The first-order valence-electron chi connectivity index (χ1n) is 6.34. The third kappa shape index (κ3) is 4.09. The minimum atomic E-state index is 0.178. The predicted octanol–water partition coefficient (Wildman–Crippen LogP) is 5.39. The van der Waals surface area contributed by atoms with Crippen LogP contribution in [-0.2, 0) is 0 Å². The topological polar surface area (TPSA) is 26.0 Å². The highest BCUT2D eigenvalue weighted by Crippen LogP contribution is 2.41. The molecule has 2 atom stereocenters. The predicted molar refractivity (Wildman–Crippen MR) is 90.1 cm³/mol. The van der Waals surface area contributed by atoms with Crippen molar-refractivity contribution in [3.63, 3.8) is 0 Å². The summed E-state index contributed by atoms with van der Waals surface area (Å²) in [6.07, 6.45) is 0.985. The van der Waals surface area contributed by atoms with Crippen LogP contribution in [0, 0.1) is 6.92 Å². The van der Waals surface area contributed by atoms with Gasteiger partial charge in [0.25, 0.3) is 0 Å². The third-order valence-corrected chi connectivity index (χ3v) is 6.28. The molecule has 4 heteroatoms. The molecule has 0 aliphatic rings. The Morgan fingerprint density at radius 1 is 1.21 bits per heavy atom. The molecule has 0 aliphatic carbocycles. The number of thioether (sulfide) groups is 1. The highest BCUT2D eigenvalue weighted by Gasteiger charge is 2.21. The summed E-state index contributed by atoms with van der Waals surface area (Å²) >= 11 is 7.17. The number of aryl methyl sites for hydroxylation is 1. The molecule has 1 nitrogen and oxygen atoms in total. The quantitative estimate of drug-likeness (QED) is 0.727. The van der Waals surface area contributed by atoms with Gasteiger partial charge in [-0.3, -0.25) is 0 Å². The molecule has 2 aromatic rings. The Morgan fingerprint density at radius 2 is 1.89 bits per heavy atom. The summed E-state index contributed by atoms with van der Waals surface area (Å²) in [4.78, 5) is 2.62. The minimum Gasteiger partial charge on any atom is -0.326 e. The summed E-state index contributed by atoms with van der Waals surface area (Å²) in [6.45, 7) is 4.26. The SMILES string of the molecule is CCC(N)C(Sc1ccc(C)cc1)c1ccc(Br)s1. The van der Waals surface area contributed by atoms with Crippen molar-refractivity contribution in [2.24, 2.45) is 5.73 Å². The van der Waals surface area contributed by atoms with Gasteiger partial charge in [0.1, 0.15) is 0 Å². The van der Waals surface area contributed by atoms with Crippen LogP contribution in [0.1, 0.15) is 29.0 Å². The normalized spacial score (nSPS) is 14.3. The molecule has 0 radical (unpaired) electrons. The van der Waals surface area contributed by atoms with Gasteiger partial charge in [-0.25, -0.2) is 0 Å². The molecule has 0 saturated carbocycles. The molecule has 2 unspecified atom stereocenters. The van der Waals surface area contributed by atoms with Crippen molar-refractivity contribution >= 4 is 39.0 Å². The van der Waals surface area contributed by atoms with Crippen LogP contribution >= 0.6 is 39.0 Å². The van der Waals surface area contributed by atoms with Crippen molar-refractivity contribution in [3.8, 4) is 0 Å². The van der Waals surface area contributed by atoms with Crippen molar-refractivity contribution in [1.29, 1.82) is 0 Å². The van der Waals surface area contributed by atoms with Crippen LogP contribution in [0.25, 0.3) is 0 Å². The van der Waals surface area contributed by atoms with E-state index in [-0.39, 0.29) is 6.04 Å². The highest BCUT2D eigenvalue weighted by molar-refractivity contribution is 9.11. The zero-order valence-corrected chi connectivity index (χ0v) is 14.3. The van der Waals surface area contributed by atoms with Gasteiger partial charge in [-0.15, -0.1) is 23.1 Å². The average molecular weight is 356 g/mol. The van der Waals surface area contributed by atoms with E-state index in [9.17, 15) is 0 Å². The maximum atomic E-state index is 6.31. The van der Waals surface area contributed by atoms with E-state index in [0.29, 0.717) is 5.25 Å². The van der Waals surface area contributed by atoms with Gasteiger partial charge in [-0.1, -0.05) is 24.6 Å². The standard InChI is InChI=1S/C15H18BrNS2/c1-3-12(17)15(13-8-9-14(16)19-13)18-11-6-4-10(2)5-7-11/h4-9,12,15H,3,17H2,1-2H3. The molecule has 0 bridgehead atoms. The largest absolute Gasteiger partial charge is 0.326 e. The van der Waals surface area contributed by atoms with Crippen LogP contribution in [0.2, 0.25) is 0 Å². The number of nitrogens with two attached hydrogens (primary N) is 1.